The predicted octanol–water partition coefficient (Wildman–Crippen LogP) is 2.14. The summed E-state index contributed by atoms with van der Waals surface area (Å²) in [6.07, 6.45) is 3.80. The molecule has 78 valence electrons. The second-order valence-electron chi connectivity index (χ2n) is 3.36. The summed E-state index contributed by atoms with van der Waals surface area (Å²) in [4.78, 5) is 15.0. The van der Waals surface area contributed by atoms with E-state index in [2.05, 4.69) is 32.9 Å². The summed E-state index contributed by atoms with van der Waals surface area (Å²) in [6, 6.07) is 1.89. The summed E-state index contributed by atoms with van der Waals surface area (Å²) in [5.41, 5.74) is 1.06. The monoisotopic (exact) mass is 315 g/mol. The molecular formula is C10H10IN3O. The van der Waals surface area contributed by atoms with Crippen molar-refractivity contribution in [2.75, 3.05) is 5.32 Å². The zero-order valence-corrected chi connectivity index (χ0v) is 10.6. The average Bonchev–Trinajstić information content (AvgIpc) is 2.41. The molecule has 0 fully saturated rings. The smallest absolute Gasteiger partial charge is 0.222 e. The topological polar surface area (TPSA) is 46.9 Å². The number of carbonyl (C=O) groups excluding carboxylic acids is 1. The molecule has 5 heteroatoms. The molecule has 0 saturated heterocycles. The zero-order valence-electron chi connectivity index (χ0n) is 8.41. The lowest BCUT2D eigenvalue weighted by Crippen LogP contribution is -2.07. The van der Waals surface area contributed by atoms with Gasteiger partial charge in [-0.25, -0.2) is 4.98 Å². The van der Waals surface area contributed by atoms with Gasteiger partial charge in [-0.1, -0.05) is 0 Å². The number of hydrogen-bond acceptors (Lipinski definition) is 2. The molecule has 1 N–H and O–H groups in total. The van der Waals surface area contributed by atoms with Gasteiger partial charge in [-0.2, -0.15) is 0 Å². The number of nitrogens with one attached hydrogen (secondary N) is 1. The zero-order chi connectivity index (χ0) is 11.0. The van der Waals surface area contributed by atoms with Gasteiger partial charge in [-0.15, -0.1) is 0 Å². The number of halogens is 1. The lowest BCUT2D eigenvalue weighted by Gasteiger charge is -2.01. The SMILES string of the molecule is CC(=O)Nc1cc2c(I)cn(C)c2cn1. The summed E-state index contributed by atoms with van der Waals surface area (Å²) in [6.45, 7) is 1.47. The average molecular weight is 315 g/mol. The van der Waals surface area contributed by atoms with E-state index >= 15 is 0 Å². The Balaban J connectivity index is 2.55. The van der Waals surface area contributed by atoms with Gasteiger partial charge in [0, 0.05) is 29.1 Å². The van der Waals surface area contributed by atoms with E-state index in [0.717, 1.165) is 14.5 Å². The fourth-order valence-electron chi connectivity index (χ4n) is 1.48. The quantitative estimate of drug-likeness (QED) is 0.820. The molecule has 0 aliphatic heterocycles. The molecule has 0 aliphatic rings. The standard InChI is InChI=1S/C10H10IN3O/c1-6(15)13-10-3-7-8(11)5-14(2)9(7)4-12-10/h3-5H,1-2H3,(H,12,13,15). The minimum Gasteiger partial charge on any atom is -0.348 e. The highest BCUT2D eigenvalue weighted by Crippen LogP contribution is 2.23. The van der Waals surface area contributed by atoms with Crippen molar-refractivity contribution < 1.29 is 4.79 Å². The van der Waals surface area contributed by atoms with Gasteiger partial charge >= 0.3 is 0 Å². The number of hydrogen-bond donors (Lipinski definition) is 1. The summed E-state index contributed by atoms with van der Waals surface area (Å²) >= 11 is 2.27. The van der Waals surface area contributed by atoms with Crippen LogP contribution in [0.25, 0.3) is 10.9 Å². The van der Waals surface area contributed by atoms with Crippen LogP contribution in [0.1, 0.15) is 6.92 Å². The van der Waals surface area contributed by atoms with Gasteiger partial charge in [-0.3, -0.25) is 4.79 Å². The number of nitrogens with zero attached hydrogens (tertiary/aromatic N) is 2. The molecule has 2 aromatic heterocycles. The van der Waals surface area contributed by atoms with E-state index in [9.17, 15) is 4.79 Å². The maximum atomic E-state index is 10.9. The van der Waals surface area contributed by atoms with Crippen LogP contribution in [0.5, 0.6) is 0 Å². The first-order valence-electron chi connectivity index (χ1n) is 4.46. The second-order valence-corrected chi connectivity index (χ2v) is 4.52. The fraction of sp³-hybridized carbons (Fsp3) is 0.200. The third-order valence-electron chi connectivity index (χ3n) is 2.13. The molecule has 4 nitrogen and oxygen atoms in total. The van der Waals surface area contributed by atoms with Gasteiger partial charge in [0.1, 0.15) is 5.82 Å². The lowest BCUT2D eigenvalue weighted by atomic mass is 10.3. The van der Waals surface area contributed by atoms with Crippen molar-refractivity contribution in [2.24, 2.45) is 7.05 Å². The maximum Gasteiger partial charge on any atom is 0.222 e. The Labute approximate surface area is 101 Å². The number of fused-ring (bicyclic) bond motifs is 1. The lowest BCUT2D eigenvalue weighted by molar-refractivity contribution is -0.114. The van der Waals surface area contributed by atoms with Gasteiger partial charge in [0.15, 0.2) is 0 Å². The molecule has 0 aliphatic carbocycles. The number of aryl methyl sites for hydroxylation is 1. The number of pyridine rings is 1. The van der Waals surface area contributed by atoms with Crippen LogP contribution < -0.4 is 5.32 Å². The van der Waals surface area contributed by atoms with Crippen LogP contribution >= 0.6 is 22.6 Å². The molecule has 2 aromatic rings. The van der Waals surface area contributed by atoms with Crippen LogP contribution in [0.3, 0.4) is 0 Å². The van der Waals surface area contributed by atoms with Gasteiger partial charge in [0.05, 0.1) is 11.7 Å². The summed E-state index contributed by atoms with van der Waals surface area (Å²) < 4.78 is 3.17. The summed E-state index contributed by atoms with van der Waals surface area (Å²) in [5, 5.41) is 3.78. The largest absolute Gasteiger partial charge is 0.348 e. The summed E-state index contributed by atoms with van der Waals surface area (Å²) in [7, 11) is 1.98. The van der Waals surface area contributed by atoms with Crippen LogP contribution in [0, 0.1) is 3.57 Å². The molecule has 2 heterocycles. The van der Waals surface area contributed by atoms with E-state index in [-0.39, 0.29) is 5.91 Å². The molecule has 15 heavy (non-hydrogen) atoms. The third kappa shape index (κ3) is 1.97. The normalized spacial score (nSPS) is 10.6. The molecule has 0 atom stereocenters. The van der Waals surface area contributed by atoms with E-state index in [1.165, 1.54) is 6.92 Å². The Morgan fingerprint density at radius 3 is 3.00 bits per heavy atom. The van der Waals surface area contributed by atoms with Crippen LogP contribution in [0.2, 0.25) is 0 Å². The fourth-order valence-corrected chi connectivity index (χ4v) is 2.33. The molecule has 0 bridgehead atoms. The highest BCUT2D eigenvalue weighted by atomic mass is 127. The van der Waals surface area contributed by atoms with Gasteiger partial charge < -0.3 is 9.88 Å². The number of carbonyl (C=O) groups is 1. The van der Waals surface area contributed by atoms with Crippen molar-refractivity contribution in [3.8, 4) is 0 Å². The van der Waals surface area contributed by atoms with E-state index in [4.69, 9.17) is 0 Å². The molecule has 0 unspecified atom stereocenters. The van der Waals surface area contributed by atoms with E-state index in [1.54, 1.807) is 6.20 Å². The number of rotatable bonds is 1. The van der Waals surface area contributed by atoms with Gasteiger partial charge in [-0.05, 0) is 28.7 Å². The number of aromatic nitrogens is 2. The van der Waals surface area contributed by atoms with Gasteiger partial charge in [0.25, 0.3) is 0 Å². The van der Waals surface area contributed by atoms with Crippen molar-refractivity contribution in [1.82, 2.24) is 9.55 Å². The Morgan fingerprint density at radius 1 is 1.60 bits per heavy atom. The summed E-state index contributed by atoms with van der Waals surface area (Å²) in [5.74, 6) is 0.493. The van der Waals surface area contributed by atoms with E-state index in [0.29, 0.717) is 5.82 Å². The Hall–Kier alpha value is -1.11. The first kappa shape index (κ1) is 10.4. The molecule has 1 amide bonds. The van der Waals surface area contributed by atoms with Crippen molar-refractivity contribution in [2.45, 2.75) is 6.92 Å². The number of anilines is 1. The van der Waals surface area contributed by atoms with Crippen molar-refractivity contribution in [3.05, 3.63) is 22.0 Å². The third-order valence-corrected chi connectivity index (χ3v) is 2.99. The first-order valence-corrected chi connectivity index (χ1v) is 5.54. The Morgan fingerprint density at radius 2 is 2.33 bits per heavy atom. The highest BCUT2D eigenvalue weighted by molar-refractivity contribution is 14.1. The highest BCUT2D eigenvalue weighted by Gasteiger charge is 2.06. The molecule has 2 rings (SSSR count). The van der Waals surface area contributed by atoms with Crippen LogP contribution in [0.15, 0.2) is 18.5 Å². The molecule has 0 aromatic carbocycles. The van der Waals surface area contributed by atoms with Gasteiger partial charge in [0.2, 0.25) is 5.91 Å². The van der Waals surface area contributed by atoms with Crippen molar-refractivity contribution in [1.29, 1.82) is 0 Å². The second kappa shape index (κ2) is 3.80. The number of amides is 1. The van der Waals surface area contributed by atoms with Crippen LogP contribution in [-0.4, -0.2) is 15.5 Å². The molecule has 0 spiro atoms. The Kier molecular flexibility index (Phi) is 2.64. The molecular weight excluding hydrogens is 305 g/mol. The molecule has 0 radical (unpaired) electrons. The van der Waals surface area contributed by atoms with E-state index in [1.807, 2.05) is 23.9 Å². The van der Waals surface area contributed by atoms with Crippen LogP contribution in [0.4, 0.5) is 5.82 Å². The predicted molar refractivity (Wildman–Crippen MR) is 67.7 cm³/mol. The molecule has 0 saturated carbocycles. The van der Waals surface area contributed by atoms with E-state index < -0.39 is 0 Å². The van der Waals surface area contributed by atoms with Crippen molar-refractivity contribution in [3.63, 3.8) is 0 Å². The minimum absolute atomic E-state index is 0.104. The van der Waals surface area contributed by atoms with Crippen LogP contribution in [-0.2, 0) is 11.8 Å². The maximum absolute atomic E-state index is 10.9. The minimum atomic E-state index is -0.104. The first-order chi connectivity index (χ1) is 7.08. The Bertz CT molecular complexity index is 533. The van der Waals surface area contributed by atoms with Crippen molar-refractivity contribution >= 4 is 45.2 Å².